The molecule has 3 nitrogen and oxygen atoms in total. The van der Waals surface area contributed by atoms with Gasteiger partial charge in [0.05, 0.1) is 6.61 Å². The van der Waals surface area contributed by atoms with Crippen LogP contribution in [0.25, 0.3) is 0 Å². The molecule has 1 heterocycles. The molecule has 0 aromatic heterocycles. The van der Waals surface area contributed by atoms with Crippen molar-refractivity contribution in [3.63, 3.8) is 0 Å². The molecule has 12 heavy (non-hydrogen) atoms. The number of para-hydroxylation sites is 1. The molecule has 2 rings (SSSR count). The van der Waals surface area contributed by atoms with E-state index in [1.807, 2.05) is 6.07 Å². The molecule has 1 aliphatic heterocycles. The third-order valence-corrected chi connectivity index (χ3v) is 1.69. The van der Waals surface area contributed by atoms with Gasteiger partial charge in [-0.15, -0.1) is 0 Å². The average Bonchev–Trinajstić information content (AvgIpc) is 2.17. The van der Waals surface area contributed by atoms with Crippen molar-refractivity contribution in [3.05, 3.63) is 24.3 Å². The second-order valence-electron chi connectivity index (χ2n) is 2.60. The molecule has 1 aromatic carbocycles. The lowest BCUT2D eigenvalue weighted by atomic mass is 10.3. The van der Waals surface area contributed by atoms with Crippen molar-refractivity contribution in [3.8, 4) is 11.5 Å². The molecule has 0 amide bonds. The fraction of sp³-hybridized carbons (Fsp3) is 0.333. The molecule has 63 valence electrons. The zero-order valence-electron chi connectivity index (χ0n) is 6.49. The van der Waals surface area contributed by atoms with Crippen LogP contribution in [0.3, 0.4) is 0 Å². The van der Waals surface area contributed by atoms with Gasteiger partial charge >= 0.3 is 0 Å². The highest BCUT2D eigenvalue weighted by atomic mass is 16.6. The van der Waals surface area contributed by atoms with Crippen LogP contribution < -0.4 is 9.47 Å². The number of benzene rings is 1. The normalized spacial score (nSPS) is 20.6. The van der Waals surface area contributed by atoms with Crippen LogP contribution in [0.1, 0.15) is 0 Å². The molecule has 1 aromatic rings. The third kappa shape index (κ3) is 1.23. The highest BCUT2D eigenvalue weighted by Crippen LogP contribution is 2.29. The molecule has 3 heteroatoms. The Kier molecular flexibility index (Phi) is 1.87. The molecule has 1 unspecified atom stereocenters. The zero-order chi connectivity index (χ0) is 8.39. The second kappa shape index (κ2) is 3.03. The maximum Gasteiger partial charge on any atom is 0.169 e. The fourth-order valence-corrected chi connectivity index (χ4v) is 1.09. The molecule has 0 aliphatic carbocycles. The quantitative estimate of drug-likeness (QED) is 0.663. The van der Waals surface area contributed by atoms with Crippen molar-refractivity contribution in [1.82, 2.24) is 0 Å². The van der Waals surface area contributed by atoms with Crippen molar-refractivity contribution in [2.45, 2.75) is 6.10 Å². The largest absolute Gasteiger partial charge is 0.485 e. The summed E-state index contributed by atoms with van der Waals surface area (Å²) in [6.07, 6.45) is -0.242. The van der Waals surface area contributed by atoms with Crippen LogP contribution in [0.15, 0.2) is 18.2 Å². The molecule has 0 saturated carbocycles. The van der Waals surface area contributed by atoms with E-state index in [4.69, 9.17) is 14.6 Å². The van der Waals surface area contributed by atoms with Gasteiger partial charge in [-0.05, 0) is 6.07 Å². The van der Waals surface area contributed by atoms with Crippen molar-refractivity contribution >= 4 is 0 Å². The van der Waals surface area contributed by atoms with E-state index in [1.54, 1.807) is 12.1 Å². The summed E-state index contributed by atoms with van der Waals surface area (Å²) in [4.78, 5) is 0. The van der Waals surface area contributed by atoms with Crippen LogP contribution in [-0.4, -0.2) is 24.4 Å². The summed E-state index contributed by atoms with van der Waals surface area (Å²) >= 11 is 0. The van der Waals surface area contributed by atoms with E-state index < -0.39 is 0 Å². The first kappa shape index (κ1) is 7.43. The Bertz CT molecular complexity index is 272. The Morgan fingerprint density at radius 3 is 3.42 bits per heavy atom. The lowest BCUT2D eigenvalue weighted by Crippen LogP contribution is -2.32. The van der Waals surface area contributed by atoms with E-state index in [0.29, 0.717) is 18.1 Å². The smallest absolute Gasteiger partial charge is 0.169 e. The third-order valence-electron chi connectivity index (χ3n) is 1.69. The van der Waals surface area contributed by atoms with Gasteiger partial charge in [0, 0.05) is 6.07 Å². The van der Waals surface area contributed by atoms with Gasteiger partial charge in [-0.25, -0.2) is 0 Å². The number of hydrogen-bond acceptors (Lipinski definition) is 3. The van der Waals surface area contributed by atoms with Gasteiger partial charge in [0.2, 0.25) is 0 Å². The van der Waals surface area contributed by atoms with E-state index in [0.717, 1.165) is 0 Å². The molecule has 1 radical (unpaired) electrons. The van der Waals surface area contributed by atoms with E-state index in [2.05, 4.69) is 6.07 Å². The SMILES string of the molecule is OCC1COc2[c]cccc2O1. The lowest BCUT2D eigenvalue weighted by Gasteiger charge is -2.24. The number of aliphatic hydroxyl groups excluding tert-OH is 1. The van der Waals surface area contributed by atoms with Gasteiger partial charge < -0.3 is 14.6 Å². The Labute approximate surface area is 70.5 Å². The van der Waals surface area contributed by atoms with E-state index in [-0.39, 0.29) is 12.7 Å². The maximum absolute atomic E-state index is 8.80. The number of hydrogen-bond donors (Lipinski definition) is 1. The average molecular weight is 165 g/mol. The molecule has 0 spiro atoms. The Morgan fingerprint density at radius 1 is 1.67 bits per heavy atom. The predicted molar refractivity (Wildman–Crippen MR) is 42.3 cm³/mol. The topological polar surface area (TPSA) is 38.7 Å². The van der Waals surface area contributed by atoms with Crippen molar-refractivity contribution < 1.29 is 14.6 Å². The van der Waals surface area contributed by atoms with Crippen molar-refractivity contribution in [1.29, 1.82) is 0 Å². The molecular formula is C9H9O3. The van der Waals surface area contributed by atoms with Gasteiger partial charge in [-0.2, -0.15) is 0 Å². The van der Waals surface area contributed by atoms with Gasteiger partial charge in [0.25, 0.3) is 0 Å². The van der Waals surface area contributed by atoms with Crippen molar-refractivity contribution in [2.75, 3.05) is 13.2 Å². The highest BCUT2D eigenvalue weighted by Gasteiger charge is 2.19. The molecule has 0 bridgehead atoms. The first-order valence-corrected chi connectivity index (χ1v) is 3.81. The second-order valence-corrected chi connectivity index (χ2v) is 2.60. The Hall–Kier alpha value is -1.22. The molecule has 1 aliphatic rings. The van der Waals surface area contributed by atoms with E-state index in [9.17, 15) is 0 Å². The van der Waals surface area contributed by atoms with Crippen LogP contribution >= 0.6 is 0 Å². The van der Waals surface area contributed by atoms with Crippen molar-refractivity contribution in [2.24, 2.45) is 0 Å². The van der Waals surface area contributed by atoms with E-state index in [1.165, 1.54) is 0 Å². The van der Waals surface area contributed by atoms with Crippen LogP contribution in [-0.2, 0) is 0 Å². The van der Waals surface area contributed by atoms with Crippen LogP contribution in [0, 0.1) is 6.07 Å². The monoisotopic (exact) mass is 165 g/mol. The summed E-state index contributed by atoms with van der Waals surface area (Å²) in [5, 5.41) is 8.80. The highest BCUT2D eigenvalue weighted by molar-refractivity contribution is 5.39. The minimum atomic E-state index is -0.242. The zero-order valence-corrected chi connectivity index (χ0v) is 6.49. The van der Waals surface area contributed by atoms with Gasteiger partial charge in [-0.3, -0.25) is 0 Å². The molecular weight excluding hydrogens is 156 g/mol. The minimum Gasteiger partial charge on any atom is -0.485 e. The predicted octanol–water partition coefficient (Wildman–Crippen LogP) is 0.619. The van der Waals surface area contributed by atoms with Crippen LogP contribution in [0.2, 0.25) is 0 Å². The van der Waals surface area contributed by atoms with Gasteiger partial charge in [0.15, 0.2) is 17.6 Å². The van der Waals surface area contributed by atoms with Crippen LogP contribution in [0.4, 0.5) is 0 Å². The summed E-state index contributed by atoms with van der Waals surface area (Å²) in [7, 11) is 0. The van der Waals surface area contributed by atoms with E-state index >= 15 is 0 Å². The Balaban J connectivity index is 2.23. The summed E-state index contributed by atoms with van der Waals surface area (Å²) < 4.78 is 10.7. The van der Waals surface area contributed by atoms with Gasteiger partial charge in [0.1, 0.15) is 6.61 Å². The maximum atomic E-state index is 8.80. The fourth-order valence-electron chi connectivity index (χ4n) is 1.09. The number of aliphatic hydroxyl groups is 1. The first-order chi connectivity index (χ1) is 5.90. The number of ether oxygens (including phenoxy) is 2. The Morgan fingerprint density at radius 2 is 2.58 bits per heavy atom. The summed E-state index contributed by atoms with van der Waals surface area (Å²) in [5.74, 6) is 1.28. The number of fused-ring (bicyclic) bond motifs is 1. The summed E-state index contributed by atoms with van der Waals surface area (Å²) in [6.45, 7) is 0.373. The first-order valence-electron chi connectivity index (χ1n) is 3.81. The minimum absolute atomic E-state index is 0.0195. The molecule has 1 N–H and O–H groups in total. The standard InChI is InChI=1S/C9H9O3/c10-5-7-6-11-8-3-1-2-4-9(8)12-7/h1-2,4,7,10H,5-6H2. The van der Waals surface area contributed by atoms with Gasteiger partial charge in [-0.1, -0.05) is 12.1 Å². The molecule has 0 fully saturated rings. The molecule has 1 atom stereocenters. The summed E-state index contributed by atoms with van der Waals surface area (Å²) in [5.41, 5.74) is 0. The van der Waals surface area contributed by atoms with Crippen LogP contribution in [0.5, 0.6) is 11.5 Å². The molecule has 0 saturated heterocycles. The number of rotatable bonds is 1. The lowest BCUT2D eigenvalue weighted by molar-refractivity contribution is 0.0454. The summed E-state index contributed by atoms with van der Waals surface area (Å²) in [6, 6.07) is 8.29.